The summed E-state index contributed by atoms with van der Waals surface area (Å²) < 4.78 is 0. The molecule has 0 spiro atoms. The van der Waals surface area contributed by atoms with E-state index in [0.717, 1.165) is 43.5 Å². The number of thiol groups is 1. The quantitative estimate of drug-likeness (QED) is 0.223. The highest BCUT2D eigenvalue weighted by Crippen LogP contribution is 2.26. The summed E-state index contributed by atoms with van der Waals surface area (Å²) in [6.45, 7) is 16.0. The molecule has 0 aliphatic heterocycles. The van der Waals surface area contributed by atoms with Crippen molar-refractivity contribution in [3.8, 4) is 0 Å². The summed E-state index contributed by atoms with van der Waals surface area (Å²) in [6, 6.07) is 0. The maximum absolute atomic E-state index is 11.6. The Morgan fingerprint density at radius 1 is 1.25 bits per heavy atom. The Morgan fingerprint density at radius 2 is 1.96 bits per heavy atom. The van der Waals surface area contributed by atoms with Crippen LogP contribution in [0.25, 0.3) is 0 Å². The highest BCUT2D eigenvalue weighted by Gasteiger charge is 2.14. The van der Waals surface area contributed by atoms with Crippen LogP contribution in [0, 0.1) is 5.92 Å². The first-order valence-corrected chi connectivity index (χ1v) is 10.8. The number of rotatable bonds is 13. The van der Waals surface area contributed by atoms with Crippen LogP contribution in [0.2, 0.25) is 0 Å². The zero-order valence-corrected chi connectivity index (χ0v) is 18.6. The first-order valence-electron chi connectivity index (χ1n) is 10.2. The highest BCUT2D eigenvalue weighted by atomic mass is 32.1. The molecular formula is C24H36N2OS. The number of allylic oxidation sites excluding steroid dienone is 5. The van der Waals surface area contributed by atoms with Crippen LogP contribution in [-0.4, -0.2) is 24.8 Å². The van der Waals surface area contributed by atoms with E-state index in [9.17, 15) is 4.79 Å². The Bertz CT molecular complexity index is 689. The molecule has 3 nitrogen and oxygen atoms in total. The summed E-state index contributed by atoms with van der Waals surface area (Å²) in [4.78, 5) is 11.6. The van der Waals surface area contributed by atoms with Crippen molar-refractivity contribution in [1.29, 1.82) is 0 Å². The number of hydrogen-bond acceptors (Lipinski definition) is 4. The van der Waals surface area contributed by atoms with Gasteiger partial charge in [-0.25, -0.2) is 4.79 Å². The van der Waals surface area contributed by atoms with Gasteiger partial charge in [-0.15, -0.1) is 0 Å². The molecule has 0 bridgehead atoms. The van der Waals surface area contributed by atoms with Gasteiger partial charge < -0.3 is 10.6 Å². The molecule has 0 atom stereocenters. The molecule has 0 heterocycles. The van der Waals surface area contributed by atoms with E-state index in [4.69, 9.17) is 0 Å². The third-order valence-electron chi connectivity index (χ3n) is 5.20. The molecule has 2 N–H and O–H groups in total. The van der Waals surface area contributed by atoms with Gasteiger partial charge in [0.1, 0.15) is 5.70 Å². The molecule has 154 valence electrons. The van der Waals surface area contributed by atoms with Crippen molar-refractivity contribution < 1.29 is 4.79 Å². The van der Waals surface area contributed by atoms with E-state index in [1.807, 2.05) is 19.1 Å². The minimum Gasteiger partial charge on any atom is -0.389 e. The molecule has 4 heteroatoms. The molecule has 0 aromatic heterocycles. The van der Waals surface area contributed by atoms with Crippen molar-refractivity contribution in [2.45, 2.75) is 52.9 Å². The zero-order chi connectivity index (χ0) is 20.9. The lowest BCUT2D eigenvalue weighted by molar-refractivity contribution is 0.545. The lowest BCUT2D eigenvalue weighted by atomic mass is 9.92. The molecule has 0 aromatic carbocycles. The van der Waals surface area contributed by atoms with Gasteiger partial charge in [-0.2, -0.15) is 12.6 Å². The molecule has 0 radical (unpaired) electrons. The van der Waals surface area contributed by atoms with Gasteiger partial charge in [-0.3, -0.25) is 0 Å². The molecule has 28 heavy (non-hydrogen) atoms. The van der Waals surface area contributed by atoms with E-state index in [-0.39, 0.29) is 0 Å². The average molecular weight is 401 g/mol. The summed E-state index contributed by atoms with van der Waals surface area (Å²) >= 11 is 4.52. The highest BCUT2D eigenvalue weighted by molar-refractivity contribution is 7.80. The van der Waals surface area contributed by atoms with Crippen LogP contribution in [0.1, 0.15) is 52.9 Å². The topological polar surface area (TPSA) is 41.1 Å². The van der Waals surface area contributed by atoms with E-state index >= 15 is 0 Å². The van der Waals surface area contributed by atoms with Crippen LogP contribution in [0.4, 0.5) is 0 Å². The first-order chi connectivity index (χ1) is 13.5. The Kier molecular flexibility index (Phi) is 11.5. The summed E-state index contributed by atoms with van der Waals surface area (Å²) in [5, 5.41) is 6.54. The Morgan fingerprint density at radius 3 is 2.54 bits per heavy atom. The molecule has 1 rings (SSSR count). The van der Waals surface area contributed by atoms with Crippen LogP contribution < -0.4 is 10.6 Å². The van der Waals surface area contributed by atoms with Gasteiger partial charge in [0.25, 0.3) is 0 Å². The van der Waals surface area contributed by atoms with Crippen molar-refractivity contribution in [1.82, 2.24) is 10.6 Å². The van der Waals surface area contributed by atoms with Crippen molar-refractivity contribution in [2.24, 2.45) is 5.92 Å². The monoisotopic (exact) mass is 400 g/mol. The van der Waals surface area contributed by atoms with Crippen LogP contribution in [0.5, 0.6) is 0 Å². The number of nitrogens with one attached hydrogen (secondary N) is 2. The molecular weight excluding hydrogens is 364 g/mol. The molecule has 0 unspecified atom stereocenters. The Balaban J connectivity index is 2.73. The fourth-order valence-electron chi connectivity index (χ4n) is 3.43. The zero-order valence-electron chi connectivity index (χ0n) is 17.7. The van der Waals surface area contributed by atoms with E-state index in [1.165, 1.54) is 16.7 Å². The molecule has 0 fully saturated rings. The Hall–Kier alpha value is -1.90. The number of carbonyl (C=O) groups excluding carboxylic acids is 1. The van der Waals surface area contributed by atoms with Crippen LogP contribution in [0.3, 0.4) is 0 Å². The van der Waals surface area contributed by atoms with Crippen LogP contribution >= 0.6 is 12.6 Å². The maximum atomic E-state index is 11.6. The normalized spacial score (nSPS) is 13.7. The van der Waals surface area contributed by atoms with Crippen molar-refractivity contribution in [3.05, 3.63) is 65.1 Å². The minimum absolute atomic E-state index is 0.544. The molecule has 0 saturated carbocycles. The van der Waals surface area contributed by atoms with Gasteiger partial charge in [-0.05, 0) is 56.1 Å². The molecule has 1 aliphatic carbocycles. The molecule has 0 amide bonds. The van der Waals surface area contributed by atoms with Gasteiger partial charge in [0.15, 0.2) is 5.94 Å². The van der Waals surface area contributed by atoms with E-state index < -0.39 is 0 Å². The fourth-order valence-corrected chi connectivity index (χ4v) is 3.75. The van der Waals surface area contributed by atoms with Crippen molar-refractivity contribution in [3.63, 3.8) is 0 Å². The van der Waals surface area contributed by atoms with Gasteiger partial charge in [0, 0.05) is 24.5 Å². The van der Waals surface area contributed by atoms with Crippen LogP contribution in [-0.2, 0) is 4.79 Å². The summed E-state index contributed by atoms with van der Waals surface area (Å²) in [6.07, 6.45) is 10.9. The third kappa shape index (κ3) is 8.00. The van der Waals surface area contributed by atoms with Crippen molar-refractivity contribution >= 4 is 18.6 Å². The summed E-state index contributed by atoms with van der Waals surface area (Å²) in [5.41, 5.74) is 6.23. The fraction of sp³-hybridized carbons (Fsp3) is 0.500. The lowest BCUT2D eigenvalue weighted by Gasteiger charge is -2.17. The second-order valence-corrected chi connectivity index (χ2v) is 7.61. The minimum atomic E-state index is 0.544. The van der Waals surface area contributed by atoms with E-state index in [1.54, 1.807) is 0 Å². The SMILES string of the molecule is C=C(C)NCCC1=C(CS)CC(C(=C=O)NCCC(=C)C(CC)CC)=CC=C1. The summed E-state index contributed by atoms with van der Waals surface area (Å²) in [5.74, 6) is 3.32. The van der Waals surface area contributed by atoms with E-state index in [0.29, 0.717) is 30.3 Å². The predicted octanol–water partition coefficient (Wildman–Crippen LogP) is 5.30. The maximum Gasteiger partial charge on any atom is 0.150 e. The third-order valence-corrected chi connectivity index (χ3v) is 5.58. The second kappa shape index (κ2) is 13.3. The van der Waals surface area contributed by atoms with Crippen LogP contribution in [0.15, 0.2) is 65.1 Å². The standard InChI is InChI=1S/C24H36N2OS/c1-6-20(7-2)19(5)11-13-26-24(16-27)22-10-8-9-21(23(15-22)17-28)12-14-25-18(3)4/h8-10,20,25-26,28H,3,5-7,11-15,17H2,1-2,4H3. The molecule has 0 aromatic rings. The van der Waals surface area contributed by atoms with Gasteiger partial charge >= 0.3 is 0 Å². The number of hydrogen-bond donors (Lipinski definition) is 3. The largest absolute Gasteiger partial charge is 0.389 e. The van der Waals surface area contributed by atoms with Gasteiger partial charge in [0.05, 0.1) is 0 Å². The van der Waals surface area contributed by atoms with Gasteiger partial charge in [0.2, 0.25) is 0 Å². The van der Waals surface area contributed by atoms with E-state index in [2.05, 4.69) is 62.3 Å². The van der Waals surface area contributed by atoms with Crippen molar-refractivity contribution in [2.75, 3.05) is 18.8 Å². The average Bonchev–Trinajstić information content (AvgIpc) is 2.88. The van der Waals surface area contributed by atoms with Gasteiger partial charge in [-0.1, -0.05) is 56.4 Å². The first kappa shape index (κ1) is 24.1. The predicted molar refractivity (Wildman–Crippen MR) is 125 cm³/mol. The Labute approximate surface area is 176 Å². The molecule has 0 saturated heterocycles. The molecule has 1 aliphatic rings. The second-order valence-electron chi connectivity index (χ2n) is 7.30. The summed E-state index contributed by atoms with van der Waals surface area (Å²) in [7, 11) is 0. The lowest BCUT2D eigenvalue weighted by Crippen LogP contribution is -2.19. The smallest absolute Gasteiger partial charge is 0.150 e.